The van der Waals surface area contributed by atoms with Gasteiger partial charge in [0.2, 0.25) is 0 Å². The second-order valence-electron chi connectivity index (χ2n) is 5.06. The molecule has 0 saturated heterocycles. The fourth-order valence-corrected chi connectivity index (χ4v) is 2.89. The van der Waals surface area contributed by atoms with Gasteiger partial charge in [-0.3, -0.25) is 0 Å². The lowest BCUT2D eigenvalue weighted by Gasteiger charge is -2.16. The molecule has 0 heterocycles. The minimum atomic E-state index is 0.289. The molecular weight excluding hydrogens is 342 g/mol. The molecular formula is C18H22BrNO2. The van der Waals surface area contributed by atoms with E-state index >= 15 is 0 Å². The van der Waals surface area contributed by atoms with Crippen LogP contribution in [-0.4, -0.2) is 13.7 Å². The second-order valence-corrected chi connectivity index (χ2v) is 5.91. The summed E-state index contributed by atoms with van der Waals surface area (Å²) in [5.41, 5.74) is 2.43. The maximum absolute atomic E-state index is 5.62. The number of hydrogen-bond acceptors (Lipinski definition) is 3. The van der Waals surface area contributed by atoms with Gasteiger partial charge in [-0.2, -0.15) is 0 Å². The van der Waals surface area contributed by atoms with Crippen molar-refractivity contribution in [1.82, 2.24) is 5.32 Å². The highest BCUT2D eigenvalue weighted by atomic mass is 79.9. The first-order valence-corrected chi connectivity index (χ1v) is 8.22. The fourth-order valence-electron chi connectivity index (χ4n) is 2.29. The van der Waals surface area contributed by atoms with Gasteiger partial charge in [0.15, 0.2) is 11.5 Å². The molecule has 0 aliphatic carbocycles. The number of methoxy groups -OCH3 is 1. The largest absolute Gasteiger partial charge is 0.493 e. The van der Waals surface area contributed by atoms with Crippen LogP contribution in [0, 0.1) is 0 Å². The molecule has 0 radical (unpaired) electrons. The number of hydrogen-bond donors (Lipinski definition) is 1. The van der Waals surface area contributed by atoms with Crippen LogP contribution in [0.1, 0.15) is 31.0 Å². The first-order chi connectivity index (χ1) is 10.7. The second kappa shape index (κ2) is 8.20. The Hall–Kier alpha value is -1.52. The molecule has 118 valence electrons. The van der Waals surface area contributed by atoms with Gasteiger partial charge in [-0.25, -0.2) is 0 Å². The molecule has 3 nitrogen and oxygen atoms in total. The number of halogens is 1. The maximum Gasteiger partial charge on any atom is 0.175 e. The lowest BCUT2D eigenvalue weighted by atomic mass is 10.1. The molecule has 0 saturated carbocycles. The van der Waals surface area contributed by atoms with Gasteiger partial charge in [0.25, 0.3) is 0 Å². The molecule has 1 atom stereocenters. The Morgan fingerprint density at radius 2 is 1.91 bits per heavy atom. The fraction of sp³-hybridized carbons (Fsp3) is 0.333. The molecule has 4 heteroatoms. The van der Waals surface area contributed by atoms with Crippen molar-refractivity contribution >= 4 is 15.9 Å². The van der Waals surface area contributed by atoms with E-state index in [1.807, 2.05) is 19.1 Å². The van der Waals surface area contributed by atoms with Crippen molar-refractivity contribution in [2.24, 2.45) is 0 Å². The maximum atomic E-state index is 5.62. The van der Waals surface area contributed by atoms with Crippen molar-refractivity contribution < 1.29 is 9.47 Å². The Morgan fingerprint density at radius 3 is 2.55 bits per heavy atom. The van der Waals surface area contributed by atoms with Gasteiger partial charge < -0.3 is 14.8 Å². The molecule has 2 aromatic rings. The molecule has 0 unspecified atom stereocenters. The summed E-state index contributed by atoms with van der Waals surface area (Å²) in [7, 11) is 1.66. The molecule has 0 amide bonds. The summed E-state index contributed by atoms with van der Waals surface area (Å²) in [5.74, 6) is 1.50. The minimum absolute atomic E-state index is 0.289. The van der Waals surface area contributed by atoms with E-state index in [-0.39, 0.29) is 6.04 Å². The van der Waals surface area contributed by atoms with Gasteiger partial charge >= 0.3 is 0 Å². The summed E-state index contributed by atoms with van der Waals surface area (Å²) >= 11 is 3.56. The predicted octanol–water partition coefficient (Wildman–Crippen LogP) is 4.71. The van der Waals surface area contributed by atoms with Gasteiger partial charge in [-0.1, -0.05) is 30.3 Å². The molecule has 1 N–H and O–H groups in total. The van der Waals surface area contributed by atoms with E-state index in [0.29, 0.717) is 6.61 Å². The van der Waals surface area contributed by atoms with Crippen LogP contribution in [0.15, 0.2) is 46.9 Å². The molecule has 0 aromatic heterocycles. The normalized spacial score (nSPS) is 12.0. The van der Waals surface area contributed by atoms with Crippen LogP contribution in [0.4, 0.5) is 0 Å². The number of rotatable bonds is 7. The van der Waals surface area contributed by atoms with Crippen LogP contribution in [0.25, 0.3) is 0 Å². The minimum Gasteiger partial charge on any atom is -0.493 e. The zero-order valence-corrected chi connectivity index (χ0v) is 14.8. The summed E-state index contributed by atoms with van der Waals surface area (Å²) in [4.78, 5) is 0. The van der Waals surface area contributed by atoms with Crippen LogP contribution in [0.3, 0.4) is 0 Å². The quantitative estimate of drug-likeness (QED) is 0.772. The average Bonchev–Trinajstić information content (AvgIpc) is 2.55. The monoisotopic (exact) mass is 363 g/mol. The Labute approximate surface area is 140 Å². The molecule has 2 aromatic carbocycles. The molecule has 0 fully saturated rings. The Balaban J connectivity index is 2.08. The molecule has 22 heavy (non-hydrogen) atoms. The van der Waals surface area contributed by atoms with Crippen LogP contribution >= 0.6 is 15.9 Å². The summed E-state index contributed by atoms with van der Waals surface area (Å²) in [6.45, 7) is 5.49. The first-order valence-electron chi connectivity index (χ1n) is 7.43. The van der Waals surface area contributed by atoms with Crippen LogP contribution < -0.4 is 14.8 Å². The molecule has 2 rings (SSSR count). The zero-order valence-electron chi connectivity index (χ0n) is 13.2. The van der Waals surface area contributed by atoms with Crippen molar-refractivity contribution in [3.63, 3.8) is 0 Å². The third-order valence-corrected chi connectivity index (χ3v) is 4.08. The van der Waals surface area contributed by atoms with Gasteiger partial charge in [-0.15, -0.1) is 0 Å². The molecule has 0 aliphatic rings. The average molecular weight is 364 g/mol. The Kier molecular flexibility index (Phi) is 6.28. The topological polar surface area (TPSA) is 30.5 Å². The predicted molar refractivity (Wildman–Crippen MR) is 93.6 cm³/mol. The highest BCUT2D eigenvalue weighted by molar-refractivity contribution is 9.10. The highest BCUT2D eigenvalue weighted by Crippen LogP contribution is 2.36. The lowest BCUT2D eigenvalue weighted by Crippen LogP contribution is -2.18. The van der Waals surface area contributed by atoms with Crippen molar-refractivity contribution in [1.29, 1.82) is 0 Å². The number of nitrogens with one attached hydrogen (secondary N) is 1. The standard InChI is InChI=1S/C18H22BrNO2/c1-4-22-18-16(19)10-14(11-17(18)21-3)12-20-13(2)15-8-6-5-7-9-15/h5-11,13,20H,4,12H2,1-3H3/t13-/m1/s1. The zero-order chi connectivity index (χ0) is 15.9. The highest BCUT2D eigenvalue weighted by Gasteiger charge is 2.12. The SMILES string of the molecule is CCOc1c(Br)cc(CN[C@H](C)c2ccccc2)cc1OC. The third-order valence-electron chi connectivity index (χ3n) is 3.49. The molecule has 0 bridgehead atoms. The van der Waals surface area contributed by atoms with Gasteiger partial charge in [-0.05, 0) is 53.0 Å². The molecule has 0 aliphatic heterocycles. The Bertz CT molecular complexity index is 602. The van der Waals surface area contributed by atoms with E-state index in [9.17, 15) is 0 Å². The van der Waals surface area contributed by atoms with Crippen molar-refractivity contribution in [2.45, 2.75) is 26.4 Å². The van der Waals surface area contributed by atoms with Gasteiger partial charge in [0.05, 0.1) is 18.2 Å². The van der Waals surface area contributed by atoms with E-state index < -0.39 is 0 Å². The van der Waals surface area contributed by atoms with E-state index in [4.69, 9.17) is 9.47 Å². The third kappa shape index (κ3) is 4.24. The summed E-state index contributed by atoms with van der Waals surface area (Å²) in [6.07, 6.45) is 0. The summed E-state index contributed by atoms with van der Waals surface area (Å²) in [5, 5.41) is 3.53. The summed E-state index contributed by atoms with van der Waals surface area (Å²) < 4.78 is 12.0. The molecule has 0 spiro atoms. The van der Waals surface area contributed by atoms with E-state index in [0.717, 1.165) is 28.1 Å². The smallest absolute Gasteiger partial charge is 0.175 e. The van der Waals surface area contributed by atoms with Crippen LogP contribution in [-0.2, 0) is 6.54 Å². The number of ether oxygens (including phenoxy) is 2. The lowest BCUT2D eigenvalue weighted by molar-refractivity contribution is 0.308. The first kappa shape index (κ1) is 16.8. The van der Waals surface area contributed by atoms with E-state index in [2.05, 4.69) is 58.5 Å². The number of benzene rings is 2. The Morgan fingerprint density at radius 1 is 1.18 bits per heavy atom. The van der Waals surface area contributed by atoms with E-state index in [1.54, 1.807) is 7.11 Å². The van der Waals surface area contributed by atoms with Gasteiger partial charge in [0.1, 0.15) is 0 Å². The van der Waals surface area contributed by atoms with Gasteiger partial charge in [0, 0.05) is 12.6 Å². The van der Waals surface area contributed by atoms with E-state index in [1.165, 1.54) is 5.56 Å². The van der Waals surface area contributed by atoms with Crippen molar-refractivity contribution in [3.05, 3.63) is 58.1 Å². The van der Waals surface area contributed by atoms with Crippen molar-refractivity contribution in [2.75, 3.05) is 13.7 Å². The summed E-state index contributed by atoms with van der Waals surface area (Å²) in [6, 6.07) is 14.8. The van der Waals surface area contributed by atoms with Crippen LogP contribution in [0.5, 0.6) is 11.5 Å². The van der Waals surface area contributed by atoms with Crippen LogP contribution in [0.2, 0.25) is 0 Å². The van der Waals surface area contributed by atoms with Crippen molar-refractivity contribution in [3.8, 4) is 11.5 Å².